The summed E-state index contributed by atoms with van der Waals surface area (Å²) in [5, 5.41) is 5.11. The quantitative estimate of drug-likeness (QED) is 0.592. The minimum Gasteiger partial charge on any atom is -0.488 e. The van der Waals surface area contributed by atoms with Crippen LogP contribution in [0.1, 0.15) is 17.3 Å². The number of anilines is 2. The highest BCUT2D eigenvalue weighted by Gasteiger charge is 2.08. The van der Waals surface area contributed by atoms with Gasteiger partial charge in [-0.1, -0.05) is 12.1 Å². The number of urea groups is 1. The lowest BCUT2D eigenvalue weighted by molar-refractivity contribution is 0.101. The van der Waals surface area contributed by atoms with Crippen LogP contribution in [0.3, 0.4) is 0 Å². The normalized spacial score (nSPS) is 10.2. The lowest BCUT2D eigenvalue weighted by atomic mass is 10.1. The summed E-state index contributed by atoms with van der Waals surface area (Å²) in [6, 6.07) is 10.1. The van der Waals surface area contributed by atoms with Crippen molar-refractivity contribution in [2.24, 2.45) is 0 Å². The summed E-state index contributed by atoms with van der Waals surface area (Å²) in [4.78, 5) is 23.3. The van der Waals surface area contributed by atoms with Crippen LogP contribution in [0.15, 0.2) is 42.5 Å². The number of nitrogens with one attached hydrogen (secondary N) is 2. The molecule has 0 bridgehead atoms. The SMILES string of the molecule is COCCOc1ccc(NC(=O)Nc2cccc(C(C)=O)c2)cc1F. The summed E-state index contributed by atoms with van der Waals surface area (Å²) in [5.74, 6) is -0.611. The Morgan fingerprint density at radius 3 is 2.40 bits per heavy atom. The smallest absolute Gasteiger partial charge is 0.323 e. The van der Waals surface area contributed by atoms with Gasteiger partial charge in [0.2, 0.25) is 0 Å². The van der Waals surface area contributed by atoms with Gasteiger partial charge in [-0.25, -0.2) is 9.18 Å². The molecule has 7 heteroatoms. The largest absolute Gasteiger partial charge is 0.488 e. The van der Waals surface area contributed by atoms with E-state index in [0.717, 1.165) is 6.07 Å². The lowest BCUT2D eigenvalue weighted by Gasteiger charge is -2.10. The molecule has 0 fully saturated rings. The van der Waals surface area contributed by atoms with Gasteiger partial charge in [0.15, 0.2) is 17.3 Å². The highest BCUT2D eigenvalue weighted by Crippen LogP contribution is 2.21. The number of carbonyl (C=O) groups excluding carboxylic acids is 2. The maximum atomic E-state index is 13.9. The van der Waals surface area contributed by atoms with Crippen molar-refractivity contribution in [3.8, 4) is 5.75 Å². The minimum absolute atomic E-state index is 0.0807. The van der Waals surface area contributed by atoms with E-state index >= 15 is 0 Å². The van der Waals surface area contributed by atoms with Crippen molar-refractivity contribution in [3.05, 3.63) is 53.8 Å². The molecule has 6 nitrogen and oxygen atoms in total. The van der Waals surface area contributed by atoms with E-state index in [2.05, 4.69) is 10.6 Å². The molecule has 0 radical (unpaired) electrons. The second-order valence-corrected chi connectivity index (χ2v) is 5.20. The second-order valence-electron chi connectivity index (χ2n) is 5.20. The van der Waals surface area contributed by atoms with Crippen LogP contribution in [0.4, 0.5) is 20.6 Å². The fourth-order valence-corrected chi connectivity index (χ4v) is 2.04. The van der Waals surface area contributed by atoms with Crippen LogP contribution in [-0.2, 0) is 4.74 Å². The molecule has 2 aromatic rings. The number of carbonyl (C=O) groups is 2. The monoisotopic (exact) mass is 346 g/mol. The molecule has 0 aromatic heterocycles. The number of Topliss-reactive ketones (excluding diaryl/α,β-unsaturated/α-hetero) is 1. The molecular weight excluding hydrogens is 327 g/mol. The first-order chi connectivity index (χ1) is 12.0. The Balaban J connectivity index is 1.97. The summed E-state index contributed by atoms with van der Waals surface area (Å²) >= 11 is 0. The third kappa shape index (κ3) is 5.58. The van der Waals surface area contributed by atoms with Gasteiger partial charge in [0.05, 0.1) is 6.61 Å². The number of hydrogen-bond acceptors (Lipinski definition) is 4. The molecule has 0 aliphatic carbocycles. The average Bonchev–Trinajstić information content (AvgIpc) is 2.57. The Morgan fingerprint density at radius 2 is 1.76 bits per heavy atom. The molecule has 25 heavy (non-hydrogen) atoms. The van der Waals surface area contributed by atoms with Crippen molar-refractivity contribution in [1.29, 1.82) is 0 Å². The van der Waals surface area contributed by atoms with E-state index in [1.165, 1.54) is 26.2 Å². The van der Waals surface area contributed by atoms with Gasteiger partial charge in [0.25, 0.3) is 0 Å². The molecule has 2 amide bonds. The second kappa shape index (κ2) is 8.79. The summed E-state index contributed by atoms with van der Waals surface area (Å²) in [6.45, 7) is 2.02. The number of hydrogen-bond donors (Lipinski definition) is 2. The van der Waals surface area contributed by atoms with E-state index in [0.29, 0.717) is 17.9 Å². The first kappa shape index (κ1) is 18.4. The van der Waals surface area contributed by atoms with Crippen LogP contribution in [0.2, 0.25) is 0 Å². The summed E-state index contributed by atoms with van der Waals surface area (Å²) in [6.07, 6.45) is 0. The zero-order valence-electron chi connectivity index (χ0n) is 14.0. The number of ether oxygens (including phenoxy) is 2. The maximum Gasteiger partial charge on any atom is 0.323 e. The van der Waals surface area contributed by atoms with Gasteiger partial charge in [-0.15, -0.1) is 0 Å². The number of amides is 2. The van der Waals surface area contributed by atoms with E-state index in [9.17, 15) is 14.0 Å². The molecule has 0 aliphatic heterocycles. The Morgan fingerprint density at radius 1 is 1.04 bits per heavy atom. The van der Waals surface area contributed by atoms with Crippen LogP contribution in [0, 0.1) is 5.82 Å². The van der Waals surface area contributed by atoms with Crippen LogP contribution < -0.4 is 15.4 Å². The Labute approximate surface area is 144 Å². The summed E-state index contributed by atoms with van der Waals surface area (Å²) < 4.78 is 24.0. The Kier molecular flexibility index (Phi) is 6.47. The third-order valence-corrected chi connectivity index (χ3v) is 3.26. The zero-order valence-corrected chi connectivity index (χ0v) is 14.0. The van der Waals surface area contributed by atoms with Crippen molar-refractivity contribution in [2.75, 3.05) is 31.0 Å². The lowest BCUT2D eigenvalue weighted by Crippen LogP contribution is -2.19. The molecule has 0 atom stereocenters. The van der Waals surface area contributed by atoms with Crippen LogP contribution in [0.5, 0.6) is 5.75 Å². The van der Waals surface area contributed by atoms with Crippen molar-refractivity contribution in [2.45, 2.75) is 6.92 Å². The van der Waals surface area contributed by atoms with E-state index in [-0.39, 0.29) is 23.8 Å². The molecule has 0 spiro atoms. The molecular formula is C18H19FN2O4. The van der Waals surface area contributed by atoms with Crippen molar-refractivity contribution in [3.63, 3.8) is 0 Å². The van der Waals surface area contributed by atoms with E-state index in [1.54, 1.807) is 24.3 Å². The summed E-state index contributed by atoms with van der Waals surface area (Å²) in [5.41, 5.74) is 1.23. The number of ketones is 1. The molecule has 2 aromatic carbocycles. The molecule has 0 saturated heterocycles. The fourth-order valence-electron chi connectivity index (χ4n) is 2.04. The van der Waals surface area contributed by atoms with E-state index < -0.39 is 11.8 Å². The van der Waals surface area contributed by atoms with Gasteiger partial charge in [0, 0.05) is 30.1 Å². The van der Waals surface area contributed by atoms with E-state index in [4.69, 9.17) is 9.47 Å². The maximum absolute atomic E-state index is 13.9. The number of halogens is 1. The molecule has 2 N–H and O–H groups in total. The third-order valence-electron chi connectivity index (χ3n) is 3.26. The zero-order chi connectivity index (χ0) is 18.2. The first-order valence-electron chi connectivity index (χ1n) is 7.60. The molecule has 2 rings (SSSR count). The fraction of sp³-hybridized carbons (Fsp3) is 0.222. The van der Waals surface area contributed by atoms with Gasteiger partial charge in [-0.3, -0.25) is 4.79 Å². The van der Waals surface area contributed by atoms with Crippen LogP contribution in [-0.4, -0.2) is 32.1 Å². The van der Waals surface area contributed by atoms with Gasteiger partial charge in [0.1, 0.15) is 6.61 Å². The van der Waals surface area contributed by atoms with Crippen LogP contribution in [0.25, 0.3) is 0 Å². The Hall–Kier alpha value is -2.93. The highest BCUT2D eigenvalue weighted by atomic mass is 19.1. The van der Waals surface area contributed by atoms with Crippen molar-refractivity contribution < 1.29 is 23.5 Å². The predicted octanol–water partition coefficient (Wildman–Crippen LogP) is 3.70. The van der Waals surface area contributed by atoms with Crippen molar-refractivity contribution >= 4 is 23.2 Å². The van der Waals surface area contributed by atoms with Gasteiger partial charge in [-0.05, 0) is 31.2 Å². The molecule has 0 aliphatic rings. The minimum atomic E-state index is -0.590. The van der Waals surface area contributed by atoms with Gasteiger partial charge >= 0.3 is 6.03 Å². The molecule has 132 valence electrons. The molecule has 0 saturated carbocycles. The predicted molar refractivity (Wildman–Crippen MR) is 92.9 cm³/mol. The molecule has 0 heterocycles. The Bertz CT molecular complexity index is 764. The number of methoxy groups -OCH3 is 1. The van der Waals surface area contributed by atoms with Crippen molar-refractivity contribution in [1.82, 2.24) is 0 Å². The number of benzene rings is 2. The topological polar surface area (TPSA) is 76.7 Å². The number of rotatable bonds is 7. The van der Waals surface area contributed by atoms with Crippen LogP contribution >= 0.6 is 0 Å². The standard InChI is InChI=1S/C18H19FN2O4/c1-12(22)13-4-3-5-14(10-13)20-18(23)21-15-6-7-17(16(19)11-15)25-9-8-24-2/h3-7,10-11H,8-9H2,1-2H3,(H2,20,21,23). The van der Waals surface area contributed by atoms with Gasteiger partial charge in [-0.2, -0.15) is 0 Å². The first-order valence-corrected chi connectivity index (χ1v) is 7.60. The average molecular weight is 346 g/mol. The summed E-state index contributed by atoms with van der Waals surface area (Å²) in [7, 11) is 1.53. The highest BCUT2D eigenvalue weighted by molar-refractivity contribution is 6.01. The van der Waals surface area contributed by atoms with Gasteiger partial charge < -0.3 is 20.1 Å². The molecule has 0 unspecified atom stereocenters. The van der Waals surface area contributed by atoms with E-state index in [1.807, 2.05) is 0 Å².